The molecule has 0 saturated heterocycles. The van der Waals surface area contributed by atoms with E-state index in [2.05, 4.69) is 158 Å². The average molecular weight is 560 g/mol. The molecule has 0 bridgehead atoms. The predicted octanol–water partition coefficient (Wildman–Crippen LogP) is 11.7. The minimum atomic E-state index is -0.0414. The molecule has 0 fully saturated rings. The second-order valence-electron chi connectivity index (χ2n) is 13.0. The fourth-order valence-corrected chi connectivity index (χ4v) is 8.22. The molecule has 1 heteroatoms. The van der Waals surface area contributed by atoms with E-state index in [1.54, 1.807) is 0 Å². The van der Waals surface area contributed by atoms with Gasteiger partial charge >= 0.3 is 0 Å². The first-order valence-electron chi connectivity index (χ1n) is 15.5. The van der Waals surface area contributed by atoms with Crippen molar-refractivity contribution < 1.29 is 0 Å². The fraction of sp³-hybridized carbons (Fsp3) is 0.0698. The Kier molecular flexibility index (Phi) is 4.58. The number of rotatable bonds is 2. The van der Waals surface area contributed by atoms with Crippen molar-refractivity contribution in [3.63, 3.8) is 0 Å². The fourth-order valence-electron chi connectivity index (χ4n) is 8.22. The molecule has 1 heterocycles. The molecule has 0 radical (unpaired) electrons. The Morgan fingerprint density at radius 1 is 0.432 bits per heavy atom. The quantitative estimate of drug-likeness (QED) is 0.186. The highest BCUT2D eigenvalue weighted by atomic mass is 15.0. The molecule has 0 unspecified atom stereocenters. The molecule has 206 valence electrons. The van der Waals surface area contributed by atoms with E-state index in [0.29, 0.717) is 0 Å². The van der Waals surface area contributed by atoms with E-state index in [9.17, 15) is 0 Å². The molecule has 9 aromatic rings. The highest BCUT2D eigenvalue weighted by Gasteiger charge is 2.36. The van der Waals surface area contributed by atoms with Gasteiger partial charge in [0.05, 0.1) is 11.0 Å². The first-order chi connectivity index (χ1) is 21.6. The van der Waals surface area contributed by atoms with Gasteiger partial charge in [0.25, 0.3) is 0 Å². The molecule has 1 nitrogen and oxygen atoms in total. The van der Waals surface area contributed by atoms with Crippen LogP contribution in [0.4, 0.5) is 0 Å². The van der Waals surface area contributed by atoms with Gasteiger partial charge in [-0.1, -0.05) is 123 Å². The van der Waals surface area contributed by atoms with E-state index in [1.165, 1.54) is 93.2 Å². The number of hydrogen-bond acceptors (Lipinski definition) is 0. The van der Waals surface area contributed by atoms with Crippen LogP contribution in [0.15, 0.2) is 140 Å². The summed E-state index contributed by atoms with van der Waals surface area (Å²) in [7, 11) is 0. The lowest BCUT2D eigenvalue weighted by atomic mass is 9.82. The van der Waals surface area contributed by atoms with E-state index in [0.717, 1.165) is 0 Å². The van der Waals surface area contributed by atoms with Crippen LogP contribution in [0.5, 0.6) is 0 Å². The van der Waals surface area contributed by atoms with E-state index in [1.807, 2.05) is 0 Å². The molecule has 10 rings (SSSR count). The Bertz CT molecular complexity index is 2600. The van der Waals surface area contributed by atoms with Crippen molar-refractivity contribution in [2.24, 2.45) is 0 Å². The molecule has 0 atom stereocenters. The van der Waals surface area contributed by atoms with Crippen LogP contribution in [0.2, 0.25) is 0 Å². The predicted molar refractivity (Wildman–Crippen MR) is 187 cm³/mol. The van der Waals surface area contributed by atoms with Crippen LogP contribution < -0.4 is 0 Å². The Morgan fingerprint density at radius 2 is 1.14 bits per heavy atom. The molecule has 1 aromatic heterocycles. The lowest BCUT2D eigenvalue weighted by molar-refractivity contribution is 0.661. The van der Waals surface area contributed by atoms with Gasteiger partial charge in [0.2, 0.25) is 0 Å². The van der Waals surface area contributed by atoms with Crippen LogP contribution in [-0.2, 0) is 5.41 Å². The summed E-state index contributed by atoms with van der Waals surface area (Å²) in [6.45, 7) is 4.73. The van der Waals surface area contributed by atoms with Crippen LogP contribution in [0, 0.1) is 0 Å². The minimum absolute atomic E-state index is 0.0414. The summed E-state index contributed by atoms with van der Waals surface area (Å²) < 4.78 is 2.46. The minimum Gasteiger partial charge on any atom is -0.309 e. The number of para-hydroxylation sites is 1. The Hall–Kier alpha value is -5.40. The largest absolute Gasteiger partial charge is 0.309 e. The zero-order chi connectivity index (χ0) is 29.2. The molecule has 0 saturated carbocycles. The number of nitrogens with zero attached hydrogens (tertiary/aromatic N) is 1. The summed E-state index contributed by atoms with van der Waals surface area (Å²) in [4.78, 5) is 0. The summed E-state index contributed by atoms with van der Waals surface area (Å²) in [6.07, 6.45) is 0. The van der Waals surface area contributed by atoms with Gasteiger partial charge in [-0.2, -0.15) is 0 Å². The second kappa shape index (κ2) is 8.36. The van der Waals surface area contributed by atoms with E-state index in [-0.39, 0.29) is 5.41 Å². The second-order valence-corrected chi connectivity index (χ2v) is 13.0. The van der Waals surface area contributed by atoms with Crippen LogP contribution in [-0.4, -0.2) is 4.57 Å². The Morgan fingerprint density at radius 3 is 1.98 bits per heavy atom. The van der Waals surface area contributed by atoms with Gasteiger partial charge in [-0.15, -0.1) is 0 Å². The smallest absolute Gasteiger partial charge is 0.0544 e. The molecular weight excluding hydrogens is 530 g/mol. The zero-order valence-electron chi connectivity index (χ0n) is 24.7. The lowest BCUT2D eigenvalue weighted by Crippen LogP contribution is -2.14. The molecule has 8 aromatic carbocycles. The van der Waals surface area contributed by atoms with Crippen molar-refractivity contribution in [1.82, 2.24) is 4.57 Å². The number of benzene rings is 8. The van der Waals surface area contributed by atoms with Gasteiger partial charge in [0, 0.05) is 21.9 Å². The van der Waals surface area contributed by atoms with Crippen LogP contribution in [0.1, 0.15) is 25.0 Å². The Balaban J connectivity index is 1.18. The Labute approximate surface area is 255 Å². The van der Waals surface area contributed by atoms with Gasteiger partial charge in [0.1, 0.15) is 0 Å². The summed E-state index contributed by atoms with van der Waals surface area (Å²) >= 11 is 0. The van der Waals surface area contributed by atoms with E-state index < -0.39 is 0 Å². The van der Waals surface area contributed by atoms with Gasteiger partial charge in [-0.05, 0) is 96.0 Å². The summed E-state index contributed by atoms with van der Waals surface area (Å²) in [5.41, 5.74) is 11.7. The third kappa shape index (κ3) is 3.04. The van der Waals surface area contributed by atoms with Crippen LogP contribution >= 0.6 is 0 Å². The van der Waals surface area contributed by atoms with Crippen molar-refractivity contribution >= 4 is 54.1 Å². The van der Waals surface area contributed by atoms with Crippen molar-refractivity contribution in [1.29, 1.82) is 0 Å². The van der Waals surface area contributed by atoms with Gasteiger partial charge < -0.3 is 4.57 Å². The first kappa shape index (κ1) is 24.1. The maximum Gasteiger partial charge on any atom is 0.0544 e. The molecule has 0 amide bonds. The number of hydrogen-bond donors (Lipinski definition) is 0. The lowest BCUT2D eigenvalue weighted by Gasteiger charge is -2.21. The molecular formula is C43H29N. The third-order valence-corrected chi connectivity index (χ3v) is 10.3. The molecule has 0 spiro atoms. The summed E-state index contributed by atoms with van der Waals surface area (Å²) in [5, 5.41) is 10.5. The SMILES string of the molecule is CC1(C)c2ccccc2-c2cc3c4ccccc4n(-c4ccc(-c5ccc6ccc7cccc8ccc5c6c78)cc4)c3cc21. The van der Waals surface area contributed by atoms with Crippen LogP contribution in [0.25, 0.3) is 82.1 Å². The maximum atomic E-state index is 2.46. The highest BCUT2D eigenvalue weighted by molar-refractivity contribution is 6.25. The highest BCUT2D eigenvalue weighted by Crippen LogP contribution is 2.51. The number of fused-ring (bicyclic) bond motifs is 6. The van der Waals surface area contributed by atoms with Gasteiger partial charge in [-0.25, -0.2) is 0 Å². The monoisotopic (exact) mass is 559 g/mol. The average Bonchev–Trinajstić information content (AvgIpc) is 3.51. The van der Waals surface area contributed by atoms with Crippen molar-refractivity contribution in [2.45, 2.75) is 19.3 Å². The molecule has 0 aliphatic heterocycles. The van der Waals surface area contributed by atoms with E-state index >= 15 is 0 Å². The standard InChI is InChI=1S/C43H29N/c1-43(2)37-12-5-3-10-32(37)35-24-36-33-11-4-6-13-39(33)44(40(36)25-38(35)43)30-20-16-26(17-21-30)31-22-18-29-15-14-27-8-7-9-28-19-23-34(31)42(29)41(27)28/h3-25H,1-2H3. The van der Waals surface area contributed by atoms with E-state index in [4.69, 9.17) is 0 Å². The molecule has 1 aliphatic rings. The molecule has 44 heavy (non-hydrogen) atoms. The maximum absolute atomic E-state index is 2.46. The number of aromatic nitrogens is 1. The summed E-state index contributed by atoms with van der Waals surface area (Å²) in [5.74, 6) is 0. The normalized spacial score (nSPS) is 13.9. The third-order valence-electron chi connectivity index (χ3n) is 10.3. The topological polar surface area (TPSA) is 4.93 Å². The zero-order valence-corrected chi connectivity index (χ0v) is 24.7. The molecule has 1 aliphatic carbocycles. The molecule has 0 N–H and O–H groups in total. The van der Waals surface area contributed by atoms with Gasteiger partial charge in [-0.3, -0.25) is 0 Å². The van der Waals surface area contributed by atoms with Gasteiger partial charge in [0.15, 0.2) is 0 Å². The van der Waals surface area contributed by atoms with Crippen molar-refractivity contribution in [2.75, 3.05) is 0 Å². The van der Waals surface area contributed by atoms with Crippen LogP contribution in [0.3, 0.4) is 0 Å². The summed E-state index contributed by atoms with van der Waals surface area (Å²) in [6, 6.07) is 52.1. The van der Waals surface area contributed by atoms with Crippen molar-refractivity contribution in [3.8, 4) is 27.9 Å². The van der Waals surface area contributed by atoms with Crippen molar-refractivity contribution in [3.05, 3.63) is 151 Å². The first-order valence-corrected chi connectivity index (χ1v) is 15.5.